The van der Waals surface area contributed by atoms with Gasteiger partial charge in [0, 0.05) is 0 Å². The second-order valence-corrected chi connectivity index (χ2v) is 22.0. The molecule has 0 saturated carbocycles. The van der Waals surface area contributed by atoms with Gasteiger partial charge < -0.3 is 0 Å². The third-order valence-corrected chi connectivity index (χ3v) is 22.3. The quantitative estimate of drug-likeness (QED) is 0.272. The zero-order valence-corrected chi connectivity index (χ0v) is 20.5. The van der Waals surface area contributed by atoms with Crippen molar-refractivity contribution in [2.24, 2.45) is 0 Å². The summed E-state index contributed by atoms with van der Waals surface area (Å²) in [6.07, 6.45) is 2.79. The SMILES string of the molecule is CC(C)[Si](C[CH+]C[Si](C(C)C)(C(C)C)C(C)C)(C(C)C)C(C)C. The molecule has 0 aromatic rings. The molecule has 0 bridgehead atoms. The Hall–Kier alpha value is 0.304. The van der Waals surface area contributed by atoms with E-state index in [1.807, 2.05) is 0 Å². The van der Waals surface area contributed by atoms with E-state index < -0.39 is 16.1 Å². The average Bonchev–Trinajstić information content (AvgIpc) is 2.35. The summed E-state index contributed by atoms with van der Waals surface area (Å²) in [7, 11) is -2.53. The van der Waals surface area contributed by atoms with Gasteiger partial charge in [-0.05, 0) is 33.2 Å². The van der Waals surface area contributed by atoms with Crippen molar-refractivity contribution in [3.8, 4) is 0 Å². The second kappa shape index (κ2) is 9.13. The minimum absolute atomic E-state index is 0.881. The fourth-order valence-electron chi connectivity index (χ4n) is 5.99. The minimum Gasteiger partial charge on any atom is -0.0650 e. The Kier molecular flexibility index (Phi) is 9.25. The topological polar surface area (TPSA) is 0 Å². The summed E-state index contributed by atoms with van der Waals surface area (Å²) in [5.74, 6) is 0. The number of rotatable bonds is 10. The Balaban J connectivity index is 5.33. The van der Waals surface area contributed by atoms with Crippen LogP contribution >= 0.6 is 0 Å². The zero-order valence-electron chi connectivity index (χ0n) is 18.5. The largest absolute Gasteiger partial charge is 0.115 e. The Morgan fingerprint density at radius 2 is 0.609 bits per heavy atom. The average molecular weight is 356 g/mol. The van der Waals surface area contributed by atoms with Crippen LogP contribution in [0.4, 0.5) is 0 Å². The molecule has 0 aliphatic heterocycles. The molecule has 0 spiro atoms. The predicted octanol–water partition coefficient (Wildman–Crippen LogP) is 8.55. The maximum absolute atomic E-state index is 2.79. The molecule has 0 amide bonds. The maximum Gasteiger partial charge on any atom is 0.115 e. The predicted molar refractivity (Wildman–Crippen MR) is 116 cm³/mol. The lowest BCUT2D eigenvalue weighted by atomic mass is 10.5. The zero-order chi connectivity index (χ0) is 18.6. The molecule has 0 fully saturated rings. The maximum atomic E-state index is 2.79. The van der Waals surface area contributed by atoms with Crippen molar-refractivity contribution < 1.29 is 0 Å². The van der Waals surface area contributed by atoms with Crippen LogP contribution in [0.5, 0.6) is 0 Å². The minimum atomic E-state index is -1.26. The third kappa shape index (κ3) is 4.68. The first kappa shape index (κ1) is 23.3. The summed E-state index contributed by atoms with van der Waals surface area (Å²) < 4.78 is 0. The highest BCUT2D eigenvalue weighted by atomic mass is 28.3. The summed E-state index contributed by atoms with van der Waals surface area (Å²) in [6, 6.07) is 2.86. The summed E-state index contributed by atoms with van der Waals surface area (Å²) in [4.78, 5) is 0. The van der Waals surface area contributed by atoms with Crippen molar-refractivity contribution in [2.45, 2.75) is 128 Å². The molecule has 0 saturated heterocycles. The normalized spacial score (nSPS) is 14.2. The Bertz CT molecular complexity index is 251. The van der Waals surface area contributed by atoms with Crippen LogP contribution in [-0.4, -0.2) is 16.1 Å². The Morgan fingerprint density at radius 3 is 0.739 bits per heavy atom. The van der Waals surface area contributed by atoms with Crippen molar-refractivity contribution in [1.29, 1.82) is 0 Å². The molecular formula is C21H47Si2+. The lowest BCUT2D eigenvalue weighted by Crippen LogP contribution is -2.47. The van der Waals surface area contributed by atoms with Gasteiger partial charge in [0.15, 0.2) is 0 Å². The van der Waals surface area contributed by atoms with Crippen LogP contribution in [0.1, 0.15) is 83.1 Å². The highest BCUT2D eigenvalue weighted by Gasteiger charge is 2.49. The standard InChI is InChI=1S/C21H47Si2/c1-16(2)22(17(3)4,18(5)6)14-13-15-23(19(7)8,20(9)10)21(11)12/h13,16-21H,14-15H2,1-12H3/q+1. The smallest absolute Gasteiger partial charge is 0.0650 e. The first-order chi connectivity index (χ1) is 10.4. The molecular weight excluding hydrogens is 308 g/mol. The fourth-order valence-corrected chi connectivity index (χ4v) is 18.4. The van der Waals surface area contributed by atoms with Crippen LogP contribution in [0.3, 0.4) is 0 Å². The van der Waals surface area contributed by atoms with Gasteiger partial charge in [0.2, 0.25) is 0 Å². The van der Waals surface area contributed by atoms with Gasteiger partial charge in [0.1, 0.15) is 16.1 Å². The van der Waals surface area contributed by atoms with Crippen molar-refractivity contribution >= 4 is 16.1 Å². The highest BCUT2D eigenvalue weighted by molar-refractivity contribution is 6.85. The van der Waals surface area contributed by atoms with E-state index in [2.05, 4.69) is 89.5 Å². The van der Waals surface area contributed by atoms with Crippen LogP contribution in [0.2, 0.25) is 45.3 Å². The number of hydrogen-bond donors (Lipinski definition) is 0. The van der Waals surface area contributed by atoms with Crippen LogP contribution in [0, 0.1) is 6.42 Å². The van der Waals surface area contributed by atoms with Crippen molar-refractivity contribution in [3.05, 3.63) is 6.42 Å². The molecule has 0 aliphatic rings. The monoisotopic (exact) mass is 355 g/mol. The molecule has 2 heteroatoms. The van der Waals surface area contributed by atoms with E-state index in [0.717, 1.165) is 33.2 Å². The molecule has 0 rings (SSSR count). The van der Waals surface area contributed by atoms with Crippen LogP contribution in [0.15, 0.2) is 0 Å². The Labute approximate surface area is 151 Å². The van der Waals surface area contributed by atoms with Gasteiger partial charge in [0.25, 0.3) is 0 Å². The lowest BCUT2D eigenvalue weighted by molar-refractivity contribution is 0.788. The third-order valence-electron chi connectivity index (χ3n) is 7.45. The second-order valence-electron chi connectivity index (χ2n) is 9.85. The molecule has 0 atom stereocenters. The van der Waals surface area contributed by atoms with E-state index in [0.29, 0.717) is 0 Å². The molecule has 0 heterocycles. The van der Waals surface area contributed by atoms with E-state index in [1.54, 1.807) is 0 Å². The molecule has 0 nitrogen and oxygen atoms in total. The van der Waals surface area contributed by atoms with Gasteiger partial charge in [0.05, 0.1) is 18.5 Å². The van der Waals surface area contributed by atoms with Gasteiger partial charge in [-0.15, -0.1) is 0 Å². The molecule has 0 N–H and O–H groups in total. The Morgan fingerprint density at radius 1 is 0.435 bits per heavy atom. The van der Waals surface area contributed by atoms with Crippen molar-refractivity contribution in [2.75, 3.05) is 0 Å². The lowest BCUT2D eigenvalue weighted by Gasteiger charge is -2.43. The summed E-state index contributed by atoms with van der Waals surface area (Å²) in [5.41, 5.74) is 5.29. The van der Waals surface area contributed by atoms with Crippen LogP contribution in [-0.2, 0) is 0 Å². The molecule has 0 aromatic heterocycles. The summed E-state index contributed by atoms with van der Waals surface area (Å²) >= 11 is 0. The number of hydrogen-bond acceptors (Lipinski definition) is 0. The van der Waals surface area contributed by atoms with Gasteiger partial charge >= 0.3 is 0 Å². The summed E-state index contributed by atoms with van der Waals surface area (Å²) in [5, 5.41) is 0. The molecule has 138 valence electrons. The molecule has 0 unspecified atom stereocenters. The summed E-state index contributed by atoms with van der Waals surface area (Å²) in [6.45, 7) is 30.0. The first-order valence-electron chi connectivity index (χ1n) is 10.2. The van der Waals surface area contributed by atoms with E-state index >= 15 is 0 Å². The van der Waals surface area contributed by atoms with Gasteiger partial charge in [-0.1, -0.05) is 83.1 Å². The molecule has 0 aliphatic carbocycles. The highest BCUT2D eigenvalue weighted by Crippen LogP contribution is 2.49. The van der Waals surface area contributed by atoms with Crippen LogP contribution in [0.25, 0.3) is 0 Å². The molecule has 23 heavy (non-hydrogen) atoms. The molecule has 0 radical (unpaired) electrons. The van der Waals surface area contributed by atoms with Gasteiger partial charge in [-0.25, -0.2) is 0 Å². The van der Waals surface area contributed by atoms with Crippen LogP contribution < -0.4 is 0 Å². The van der Waals surface area contributed by atoms with E-state index in [-0.39, 0.29) is 0 Å². The van der Waals surface area contributed by atoms with Crippen molar-refractivity contribution in [1.82, 2.24) is 0 Å². The van der Waals surface area contributed by atoms with Gasteiger partial charge in [-0.2, -0.15) is 0 Å². The first-order valence-corrected chi connectivity index (χ1v) is 15.1. The van der Waals surface area contributed by atoms with E-state index in [4.69, 9.17) is 0 Å². The van der Waals surface area contributed by atoms with E-state index in [1.165, 1.54) is 12.1 Å². The molecule has 0 aromatic carbocycles. The van der Waals surface area contributed by atoms with E-state index in [9.17, 15) is 0 Å². The fraction of sp³-hybridized carbons (Fsp3) is 0.952. The van der Waals surface area contributed by atoms with Crippen molar-refractivity contribution in [3.63, 3.8) is 0 Å². The van der Waals surface area contributed by atoms with Gasteiger partial charge in [-0.3, -0.25) is 0 Å².